The highest BCUT2D eigenvalue weighted by molar-refractivity contribution is 6.14. The summed E-state index contributed by atoms with van der Waals surface area (Å²) in [6, 6.07) is 5.44. The molecule has 8 heteroatoms. The van der Waals surface area contributed by atoms with Crippen LogP contribution in [0, 0.1) is 6.92 Å². The summed E-state index contributed by atoms with van der Waals surface area (Å²) in [6.45, 7) is 1.90. The smallest absolute Gasteiger partial charge is 0.282 e. The van der Waals surface area contributed by atoms with E-state index in [-0.39, 0.29) is 5.56 Å². The first kappa shape index (κ1) is 18.5. The first-order valence-electron chi connectivity index (χ1n) is 9.17. The maximum absolute atomic E-state index is 13.6. The molecule has 3 aromatic rings. The van der Waals surface area contributed by atoms with Crippen molar-refractivity contribution in [3.8, 4) is 0 Å². The van der Waals surface area contributed by atoms with Gasteiger partial charge >= 0.3 is 6.18 Å². The molecule has 146 valence electrons. The molecule has 0 radical (unpaired) electrons. The second-order valence-electron chi connectivity index (χ2n) is 7.05. The number of fused-ring (bicyclic) bond motifs is 1. The number of nitrogens with one attached hydrogen (secondary N) is 1. The average molecular weight is 387 g/mol. The first-order chi connectivity index (χ1) is 13.3. The fourth-order valence-electron chi connectivity index (χ4n) is 3.55. The molecule has 1 aliphatic carbocycles. The fraction of sp³-hybridized carbons (Fsp3) is 0.350. The van der Waals surface area contributed by atoms with E-state index in [4.69, 9.17) is 0 Å². The van der Waals surface area contributed by atoms with Crippen LogP contribution in [0.3, 0.4) is 0 Å². The van der Waals surface area contributed by atoms with E-state index in [1.54, 1.807) is 6.07 Å². The van der Waals surface area contributed by atoms with Crippen molar-refractivity contribution in [3.05, 3.63) is 53.0 Å². The lowest BCUT2D eigenvalue weighted by atomic mass is 9.92. The first-order valence-corrected chi connectivity index (χ1v) is 9.17. The Morgan fingerprint density at radius 1 is 1.25 bits per heavy atom. The fourth-order valence-corrected chi connectivity index (χ4v) is 3.55. The number of aromatic amines is 1. The van der Waals surface area contributed by atoms with Crippen LogP contribution >= 0.6 is 0 Å². The van der Waals surface area contributed by atoms with E-state index in [0.29, 0.717) is 17.8 Å². The number of nitrogens with zero attached hydrogens (tertiary/aromatic N) is 4. The molecular weight excluding hydrogens is 367 g/mol. The molecule has 4 rings (SSSR count). The minimum absolute atomic E-state index is 0.0205. The number of alkyl halides is 3. The number of hydrogen-bond acceptors (Lipinski definition) is 3. The molecule has 0 bridgehead atoms. The van der Waals surface area contributed by atoms with E-state index in [0.717, 1.165) is 41.4 Å². The van der Waals surface area contributed by atoms with Crippen molar-refractivity contribution < 1.29 is 13.2 Å². The molecule has 1 aliphatic rings. The quantitative estimate of drug-likeness (QED) is 0.625. The van der Waals surface area contributed by atoms with Gasteiger partial charge in [0.2, 0.25) is 0 Å². The maximum atomic E-state index is 13.6. The third-order valence-corrected chi connectivity index (χ3v) is 4.92. The van der Waals surface area contributed by atoms with E-state index in [2.05, 4.69) is 20.3 Å². The van der Waals surface area contributed by atoms with Gasteiger partial charge in [-0.25, -0.2) is 4.99 Å². The van der Waals surface area contributed by atoms with Crippen LogP contribution in [-0.4, -0.2) is 25.7 Å². The van der Waals surface area contributed by atoms with Crippen molar-refractivity contribution in [1.29, 1.82) is 0 Å². The number of halogens is 3. The van der Waals surface area contributed by atoms with Crippen molar-refractivity contribution in [2.75, 3.05) is 0 Å². The maximum Gasteiger partial charge on any atom is 0.435 e. The Balaban J connectivity index is 1.90. The molecule has 2 heterocycles. The summed E-state index contributed by atoms with van der Waals surface area (Å²) < 4.78 is 41.9. The van der Waals surface area contributed by atoms with Crippen LogP contribution in [0.25, 0.3) is 10.9 Å². The van der Waals surface area contributed by atoms with Gasteiger partial charge in [-0.3, -0.25) is 9.78 Å². The number of benzene rings is 1. The third-order valence-electron chi connectivity index (χ3n) is 4.92. The van der Waals surface area contributed by atoms with Crippen LogP contribution in [-0.2, 0) is 13.2 Å². The second kappa shape index (κ2) is 6.92. The molecule has 0 amide bonds. The van der Waals surface area contributed by atoms with Crippen LogP contribution in [0.15, 0.2) is 41.0 Å². The summed E-state index contributed by atoms with van der Waals surface area (Å²) in [5.41, 5.74) is 2.59. The van der Waals surface area contributed by atoms with Crippen LogP contribution < -0.4 is 0 Å². The number of aryl methyl sites for hydroxylation is 2. The summed E-state index contributed by atoms with van der Waals surface area (Å²) in [4.78, 5) is 4.66. The normalized spacial score (nSPS) is 15.9. The molecule has 5 nitrogen and oxygen atoms in total. The van der Waals surface area contributed by atoms with Gasteiger partial charge < -0.3 is 0 Å². The van der Waals surface area contributed by atoms with Crippen LogP contribution in [0.2, 0.25) is 0 Å². The average Bonchev–Trinajstić information content (AvgIpc) is 3.23. The van der Waals surface area contributed by atoms with Gasteiger partial charge in [0, 0.05) is 24.3 Å². The highest BCUT2D eigenvalue weighted by atomic mass is 19.4. The van der Waals surface area contributed by atoms with Crippen molar-refractivity contribution in [2.45, 2.75) is 38.8 Å². The minimum atomic E-state index is -4.54. The van der Waals surface area contributed by atoms with Gasteiger partial charge in [0.1, 0.15) is 0 Å². The van der Waals surface area contributed by atoms with Gasteiger partial charge in [0.15, 0.2) is 5.69 Å². The summed E-state index contributed by atoms with van der Waals surface area (Å²) in [5, 5.41) is 11.7. The van der Waals surface area contributed by atoms with E-state index in [1.165, 1.54) is 17.9 Å². The summed E-state index contributed by atoms with van der Waals surface area (Å²) >= 11 is 0. The second-order valence-corrected chi connectivity index (χ2v) is 7.05. The lowest BCUT2D eigenvalue weighted by Crippen LogP contribution is -2.15. The third kappa shape index (κ3) is 3.46. The number of aliphatic imine (C=N–C) groups is 1. The van der Waals surface area contributed by atoms with Crippen LogP contribution in [0.1, 0.15) is 42.6 Å². The van der Waals surface area contributed by atoms with Crippen molar-refractivity contribution in [1.82, 2.24) is 20.0 Å². The van der Waals surface area contributed by atoms with Gasteiger partial charge in [-0.1, -0.05) is 6.08 Å². The zero-order chi connectivity index (χ0) is 19.9. The number of H-pyrrole nitrogens is 1. The molecule has 0 aliphatic heterocycles. The Bertz CT molecular complexity index is 1090. The van der Waals surface area contributed by atoms with Crippen molar-refractivity contribution >= 4 is 22.3 Å². The molecule has 0 fully saturated rings. The predicted molar refractivity (Wildman–Crippen MR) is 102 cm³/mol. The lowest BCUT2D eigenvalue weighted by molar-refractivity contribution is -0.141. The Kier molecular flexibility index (Phi) is 4.56. The Hall–Kier alpha value is -2.90. The zero-order valence-corrected chi connectivity index (χ0v) is 15.6. The summed E-state index contributed by atoms with van der Waals surface area (Å²) in [7, 11) is 1.49. The molecule has 0 saturated carbocycles. The molecule has 1 aromatic carbocycles. The number of rotatable bonds is 3. The molecule has 0 unspecified atom stereocenters. The van der Waals surface area contributed by atoms with Gasteiger partial charge in [0.05, 0.1) is 22.5 Å². The van der Waals surface area contributed by atoms with Crippen LogP contribution in [0.5, 0.6) is 0 Å². The van der Waals surface area contributed by atoms with Gasteiger partial charge in [-0.05, 0) is 56.4 Å². The van der Waals surface area contributed by atoms with Gasteiger partial charge in [-0.2, -0.15) is 23.4 Å². The van der Waals surface area contributed by atoms with E-state index in [9.17, 15) is 13.2 Å². The monoisotopic (exact) mass is 387 g/mol. The van der Waals surface area contributed by atoms with E-state index >= 15 is 0 Å². The Morgan fingerprint density at radius 2 is 2.07 bits per heavy atom. The molecule has 2 aromatic heterocycles. The number of allylic oxidation sites excluding steroid dienone is 2. The SMILES string of the molecule is Cc1[nH]nc2ccc(N=C(C3=CCCCC3)c3cn(C)nc3C(F)(F)F)cc12. The number of hydrogen-bond donors (Lipinski definition) is 1. The molecule has 0 spiro atoms. The lowest BCUT2D eigenvalue weighted by Gasteiger charge is -2.16. The Labute approximate surface area is 160 Å². The molecule has 0 saturated heterocycles. The van der Waals surface area contributed by atoms with Gasteiger partial charge in [-0.15, -0.1) is 0 Å². The molecule has 0 atom stereocenters. The van der Waals surface area contributed by atoms with Gasteiger partial charge in [0.25, 0.3) is 0 Å². The Morgan fingerprint density at radius 3 is 2.79 bits per heavy atom. The van der Waals surface area contributed by atoms with E-state index < -0.39 is 11.9 Å². The number of aromatic nitrogens is 4. The molecular formula is C20H20F3N5. The highest BCUT2D eigenvalue weighted by Gasteiger charge is 2.38. The minimum Gasteiger partial charge on any atom is -0.282 e. The predicted octanol–water partition coefficient (Wildman–Crippen LogP) is 5.24. The van der Waals surface area contributed by atoms with E-state index in [1.807, 2.05) is 25.1 Å². The summed E-state index contributed by atoms with van der Waals surface area (Å²) in [5.74, 6) is 0. The topological polar surface area (TPSA) is 58.9 Å². The zero-order valence-electron chi connectivity index (χ0n) is 15.6. The highest BCUT2D eigenvalue weighted by Crippen LogP contribution is 2.34. The largest absolute Gasteiger partial charge is 0.435 e. The molecule has 28 heavy (non-hydrogen) atoms. The van der Waals surface area contributed by atoms with Crippen LogP contribution in [0.4, 0.5) is 18.9 Å². The molecule has 1 N–H and O–H groups in total. The standard InChI is InChI=1S/C20H20F3N5/c1-12-15-10-14(8-9-17(15)26-25-12)24-18(13-6-4-3-5-7-13)16-11-28(2)27-19(16)20(21,22)23/h6,8-11H,3-5,7H2,1-2H3,(H,25,26). The van der Waals surface area contributed by atoms with Crippen molar-refractivity contribution in [3.63, 3.8) is 0 Å². The van der Waals surface area contributed by atoms with Crippen molar-refractivity contribution in [2.24, 2.45) is 12.0 Å². The summed E-state index contributed by atoms with van der Waals surface area (Å²) in [6.07, 6.45) is 2.38.